The summed E-state index contributed by atoms with van der Waals surface area (Å²) >= 11 is 0. The fraction of sp³-hybridized carbons (Fsp3) is 0.667. The molecule has 0 aliphatic heterocycles. The highest BCUT2D eigenvalue weighted by Gasteiger charge is 2.05. The molecule has 1 heterocycles. The first-order chi connectivity index (χ1) is 6.15. The van der Waals surface area contributed by atoms with Crippen LogP contribution in [0.1, 0.15) is 19.4 Å². The highest BCUT2D eigenvalue weighted by Crippen LogP contribution is 1.96. The predicted molar refractivity (Wildman–Crippen MR) is 50.7 cm³/mol. The van der Waals surface area contributed by atoms with Gasteiger partial charge in [-0.2, -0.15) is 0 Å². The average Bonchev–Trinajstić information content (AvgIpc) is 2.36. The Labute approximate surface area is 77.2 Å². The highest BCUT2D eigenvalue weighted by atomic mass is 16.3. The number of aromatic amines is 1. The van der Waals surface area contributed by atoms with Crippen LogP contribution in [0.2, 0.25) is 0 Å². The minimum atomic E-state index is -0.0113. The molecule has 2 N–H and O–H groups in total. The van der Waals surface area contributed by atoms with Crippen molar-refractivity contribution in [2.75, 3.05) is 6.61 Å². The monoisotopic (exact) mass is 184 g/mol. The molecule has 0 spiro atoms. The summed E-state index contributed by atoms with van der Waals surface area (Å²) in [5, 5.41) is 11.6. The first-order valence-electron chi connectivity index (χ1n) is 4.53. The zero-order chi connectivity index (χ0) is 9.84. The molecule has 0 bridgehead atoms. The lowest BCUT2D eigenvalue weighted by Gasteiger charge is -2.03. The van der Waals surface area contributed by atoms with Gasteiger partial charge in [-0.15, -0.1) is 0 Å². The molecule has 0 atom stereocenters. The van der Waals surface area contributed by atoms with E-state index in [0.717, 1.165) is 0 Å². The van der Waals surface area contributed by atoms with Crippen LogP contribution < -0.4 is 5.56 Å². The van der Waals surface area contributed by atoms with Crippen LogP contribution in [0.5, 0.6) is 0 Å². The van der Waals surface area contributed by atoms with E-state index in [1.165, 1.54) is 0 Å². The van der Waals surface area contributed by atoms with Crippen LogP contribution in [0, 0.1) is 5.92 Å². The van der Waals surface area contributed by atoms with Crippen molar-refractivity contribution in [3.05, 3.63) is 22.1 Å². The lowest BCUT2D eigenvalue weighted by atomic mass is 10.2. The maximum absolute atomic E-state index is 11.5. The van der Waals surface area contributed by atoms with Gasteiger partial charge in [-0.3, -0.25) is 9.48 Å². The van der Waals surface area contributed by atoms with Gasteiger partial charge in [0.2, 0.25) is 0 Å². The molecule has 1 rings (SSSR count). The Hall–Kier alpha value is -1.03. The molecule has 0 amide bonds. The molecule has 0 radical (unpaired) electrons. The second-order valence-electron chi connectivity index (χ2n) is 3.58. The van der Waals surface area contributed by atoms with Crippen molar-refractivity contribution < 1.29 is 5.11 Å². The maximum Gasteiger partial charge on any atom is 0.269 e. The van der Waals surface area contributed by atoms with Crippen LogP contribution >= 0.6 is 0 Å². The van der Waals surface area contributed by atoms with Crippen molar-refractivity contribution in [1.82, 2.24) is 9.78 Å². The van der Waals surface area contributed by atoms with Crippen LogP contribution in [0.4, 0.5) is 0 Å². The molecule has 13 heavy (non-hydrogen) atoms. The third-order valence-corrected chi connectivity index (χ3v) is 1.84. The first-order valence-corrected chi connectivity index (χ1v) is 4.53. The van der Waals surface area contributed by atoms with E-state index >= 15 is 0 Å². The minimum absolute atomic E-state index is 0.0113. The molecule has 0 aliphatic carbocycles. The van der Waals surface area contributed by atoms with Crippen LogP contribution in [0.15, 0.2) is 11.0 Å². The Morgan fingerprint density at radius 2 is 2.31 bits per heavy atom. The van der Waals surface area contributed by atoms with Gasteiger partial charge in [0.05, 0.1) is 0 Å². The van der Waals surface area contributed by atoms with Gasteiger partial charge in [0.1, 0.15) is 0 Å². The van der Waals surface area contributed by atoms with Gasteiger partial charge in [0.15, 0.2) is 0 Å². The number of H-pyrrole nitrogens is 1. The first kappa shape index (κ1) is 10.1. The molecule has 0 saturated carbocycles. The quantitative estimate of drug-likeness (QED) is 0.710. The van der Waals surface area contributed by atoms with Crippen molar-refractivity contribution in [3.63, 3.8) is 0 Å². The average molecular weight is 184 g/mol. The fourth-order valence-electron chi connectivity index (χ4n) is 1.25. The molecule has 4 heteroatoms. The Kier molecular flexibility index (Phi) is 3.31. The van der Waals surface area contributed by atoms with Crippen LogP contribution in [-0.2, 0) is 13.0 Å². The third-order valence-electron chi connectivity index (χ3n) is 1.84. The van der Waals surface area contributed by atoms with Gasteiger partial charge in [0.25, 0.3) is 5.56 Å². The smallest absolute Gasteiger partial charge is 0.269 e. The van der Waals surface area contributed by atoms with Gasteiger partial charge >= 0.3 is 0 Å². The number of nitrogens with one attached hydrogen (secondary N) is 1. The van der Waals surface area contributed by atoms with E-state index in [9.17, 15) is 4.79 Å². The van der Waals surface area contributed by atoms with Crippen molar-refractivity contribution >= 4 is 0 Å². The van der Waals surface area contributed by atoms with Crippen LogP contribution in [-0.4, -0.2) is 21.5 Å². The summed E-state index contributed by atoms with van der Waals surface area (Å²) in [6, 6.07) is 0. The number of hydrogen-bond acceptors (Lipinski definition) is 2. The van der Waals surface area contributed by atoms with Gasteiger partial charge in [0, 0.05) is 31.3 Å². The SMILES string of the molecule is CC(C)Cn1[nH]cc(CCO)c1=O. The van der Waals surface area contributed by atoms with E-state index < -0.39 is 0 Å². The summed E-state index contributed by atoms with van der Waals surface area (Å²) in [6.07, 6.45) is 2.10. The van der Waals surface area contributed by atoms with Crippen LogP contribution in [0.3, 0.4) is 0 Å². The van der Waals surface area contributed by atoms with E-state index in [1.54, 1.807) is 10.9 Å². The van der Waals surface area contributed by atoms with Crippen molar-refractivity contribution in [3.8, 4) is 0 Å². The summed E-state index contributed by atoms with van der Waals surface area (Å²) < 4.78 is 1.58. The van der Waals surface area contributed by atoms with E-state index in [0.29, 0.717) is 24.4 Å². The summed E-state index contributed by atoms with van der Waals surface area (Å²) in [7, 11) is 0. The second kappa shape index (κ2) is 4.28. The second-order valence-corrected chi connectivity index (χ2v) is 3.58. The number of rotatable bonds is 4. The molecule has 0 fully saturated rings. The molecule has 0 unspecified atom stereocenters. The fourth-order valence-corrected chi connectivity index (χ4v) is 1.25. The highest BCUT2D eigenvalue weighted by molar-refractivity contribution is 5.04. The normalized spacial score (nSPS) is 11.1. The van der Waals surface area contributed by atoms with Gasteiger partial charge < -0.3 is 10.2 Å². The molecular formula is C9H16N2O2. The molecule has 0 aromatic carbocycles. The minimum Gasteiger partial charge on any atom is -0.396 e. The van der Waals surface area contributed by atoms with E-state index in [-0.39, 0.29) is 12.2 Å². The zero-order valence-electron chi connectivity index (χ0n) is 8.08. The Balaban J connectivity index is 2.80. The molecule has 1 aromatic heterocycles. The van der Waals surface area contributed by atoms with Crippen molar-refractivity contribution in [1.29, 1.82) is 0 Å². The van der Waals surface area contributed by atoms with Gasteiger partial charge in [-0.05, 0) is 5.92 Å². The number of hydrogen-bond donors (Lipinski definition) is 2. The van der Waals surface area contributed by atoms with Gasteiger partial charge in [-0.25, -0.2) is 0 Å². The molecule has 0 saturated heterocycles. The Bertz CT molecular complexity index is 312. The Morgan fingerprint density at radius 3 is 2.85 bits per heavy atom. The maximum atomic E-state index is 11.5. The number of aromatic nitrogens is 2. The van der Waals surface area contributed by atoms with Gasteiger partial charge in [-0.1, -0.05) is 13.8 Å². The summed E-state index contributed by atoms with van der Waals surface area (Å²) in [5.74, 6) is 0.443. The van der Waals surface area contributed by atoms with E-state index in [2.05, 4.69) is 18.9 Å². The number of nitrogens with zero attached hydrogens (tertiary/aromatic N) is 1. The number of aliphatic hydroxyl groups is 1. The molecule has 4 nitrogen and oxygen atoms in total. The predicted octanol–water partition coefficient (Wildman–Crippen LogP) is 0.367. The lowest BCUT2D eigenvalue weighted by molar-refractivity contribution is 0.299. The lowest BCUT2D eigenvalue weighted by Crippen LogP contribution is -2.22. The topological polar surface area (TPSA) is 58.0 Å². The van der Waals surface area contributed by atoms with E-state index in [4.69, 9.17) is 5.11 Å². The zero-order valence-corrected chi connectivity index (χ0v) is 8.08. The molecule has 74 valence electrons. The largest absolute Gasteiger partial charge is 0.396 e. The van der Waals surface area contributed by atoms with Crippen molar-refractivity contribution in [2.45, 2.75) is 26.8 Å². The van der Waals surface area contributed by atoms with Crippen molar-refractivity contribution in [2.24, 2.45) is 5.92 Å². The number of aliphatic hydroxyl groups excluding tert-OH is 1. The standard InChI is InChI=1S/C9H16N2O2/c1-7(2)6-11-9(13)8(3-4-12)5-10-11/h5,7,10,12H,3-4,6H2,1-2H3. The molecular weight excluding hydrogens is 168 g/mol. The third kappa shape index (κ3) is 2.45. The summed E-state index contributed by atoms with van der Waals surface area (Å²) in [4.78, 5) is 11.5. The summed E-state index contributed by atoms with van der Waals surface area (Å²) in [5.41, 5.74) is 0.644. The summed E-state index contributed by atoms with van der Waals surface area (Å²) in [6.45, 7) is 4.83. The van der Waals surface area contributed by atoms with E-state index in [1.807, 2.05) is 0 Å². The Morgan fingerprint density at radius 1 is 1.62 bits per heavy atom. The van der Waals surface area contributed by atoms with Crippen LogP contribution in [0.25, 0.3) is 0 Å². The molecule has 1 aromatic rings. The molecule has 0 aliphatic rings.